The molecule has 0 amide bonds. The molecule has 2 aliphatic heterocycles. The minimum Gasteiger partial charge on any atom is -0.493 e. The van der Waals surface area contributed by atoms with Crippen LogP contribution < -0.4 is 24.0 Å². The smallest absolute Gasteiger partial charge is 0.243 e. The Kier molecular flexibility index (Phi) is 16.0. The van der Waals surface area contributed by atoms with Crippen LogP contribution in [0.3, 0.4) is 0 Å². The molecule has 21 heteroatoms. The Morgan fingerprint density at radius 2 is 1.01 bits per heavy atom. The zero-order valence-electron chi connectivity index (χ0n) is 37.7. The van der Waals surface area contributed by atoms with E-state index in [0.29, 0.717) is 76.0 Å². The van der Waals surface area contributed by atoms with Gasteiger partial charge < -0.3 is 24.0 Å². The van der Waals surface area contributed by atoms with Crippen molar-refractivity contribution in [1.29, 1.82) is 0 Å². The molecular formula is C46H50Cl2F2N6O7S4. The first-order chi connectivity index (χ1) is 31.9. The first-order valence-electron chi connectivity index (χ1n) is 21.1. The molecule has 0 spiro atoms. The molecule has 0 aliphatic carbocycles. The number of hydrogen-bond donors (Lipinski definition) is 0. The van der Waals surface area contributed by atoms with Gasteiger partial charge in [-0.15, -0.1) is 22.7 Å². The molecule has 0 unspecified atom stereocenters. The molecule has 0 saturated carbocycles. The van der Waals surface area contributed by atoms with Crippen LogP contribution in [0.1, 0.15) is 39.2 Å². The van der Waals surface area contributed by atoms with Gasteiger partial charge in [0.15, 0.2) is 21.8 Å². The van der Waals surface area contributed by atoms with Crippen LogP contribution in [0, 0.1) is 32.4 Å². The summed E-state index contributed by atoms with van der Waals surface area (Å²) in [6, 6.07) is 15.1. The number of aromatic nitrogens is 2. The molecule has 67 heavy (non-hydrogen) atoms. The second-order valence-electron chi connectivity index (χ2n) is 15.9. The molecular weight excluding hydrogens is 986 g/mol. The van der Waals surface area contributed by atoms with Gasteiger partial charge in [0.25, 0.3) is 0 Å². The lowest BCUT2D eigenvalue weighted by atomic mass is 9.96. The van der Waals surface area contributed by atoms with Crippen molar-refractivity contribution in [2.45, 2.75) is 43.4 Å². The van der Waals surface area contributed by atoms with Crippen LogP contribution in [-0.4, -0.2) is 109 Å². The molecule has 4 aromatic carbocycles. The van der Waals surface area contributed by atoms with Gasteiger partial charge in [0, 0.05) is 76.0 Å². The lowest BCUT2D eigenvalue weighted by Crippen LogP contribution is -2.48. The highest BCUT2D eigenvalue weighted by atomic mass is 35.5. The minimum absolute atomic E-state index is 0.0118. The fraction of sp³-hybridized carbons (Fsp3) is 0.348. The minimum atomic E-state index is -3.76. The number of anilines is 2. The van der Waals surface area contributed by atoms with Crippen LogP contribution in [0.25, 0.3) is 0 Å². The topological polar surface area (TPSA) is 135 Å². The molecule has 13 nitrogen and oxygen atoms in total. The first kappa shape index (κ1) is 50.3. The fourth-order valence-electron chi connectivity index (χ4n) is 7.97. The van der Waals surface area contributed by atoms with Crippen LogP contribution in [-0.2, 0) is 32.9 Å². The van der Waals surface area contributed by atoms with E-state index in [1.165, 1.54) is 60.4 Å². The van der Waals surface area contributed by atoms with Crippen molar-refractivity contribution in [2.75, 3.05) is 83.5 Å². The summed E-state index contributed by atoms with van der Waals surface area (Å²) in [5, 5.41) is 5.39. The third-order valence-corrected chi connectivity index (χ3v) is 17.7. The average molecular weight is 1040 g/mol. The summed E-state index contributed by atoms with van der Waals surface area (Å²) in [4.78, 5) is 13.7. The first-order valence-corrected chi connectivity index (χ1v) is 26.5. The molecule has 0 bridgehead atoms. The Labute approximate surface area is 408 Å². The molecule has 0 atom stereocenters. The number of thiazole rings is 2. The molecule has 2 saturated heterocycles. The van der Waals surface area contributed by atoms with Crippen molar-refractivity contribution in [2.24, 2.45) is 0 Å². The number of ether oxygens (including phenoxy) is 3. The third kappa shape index (κ3) is 11.5. The standard InChI is InChI=1S/C23H25ClFN3O5S2.C23H25ClFN3O2S2/c1-31-20-11-15(12-21(32-2)22(20)33-3)10-16-14-34-23(26-16)27-6-8-28(9-7-27)35(29,30)17-4-5-19(25)18(24)13-17;1-15-10-16(2)20(17(3)11-15)12-18-14-31-23(26-18)27-6-8-28(9-7-27)32(29,30)19-4-5-22(25)21(24)13-19/h4-5,11-14H,6-10H2,1-3H3;4-5,10-11,13-14H,6-9,12H2,1-3H3. The van der Waals surface area contributed by atoms with E-state index < -0.39 is 31.7 Å². The van der Waals surface area contributed by atoms with Gasteiger partial charge in [-0.25, -0.2) is 35.6 Å². The van der Waals surface area contributed by atoms with Gasteiger partial charge in [0.1, 0.15) is 11.6 Å². The van der Waals surface area contributed by atoms with Gasteiger partial charge in [0.2, 0.25) is 25.8 Å². The van der Waals surface area contributed by atoms with Crippen molar-refractivity contribution < 1.29 is 39.8 Å². The summed E-state index contributed by atoms with van der Waals surface area (Å²) < 4.78 is 97.6. The maximum atomic E-state index is 13.4. The number of rotatable bonds is 13. The van der Waals surface area contributed by atoms with Crippen molar-refractivity contribution in [3.05, 3.63) is 132 Å². The van der Waals surface area contributed by atoms with Gasteiger partial charge in [0.05, 0.1) is 52.6 Å². The SMILES string of the molecule is COc1cc(Cc2csc(N3CCN(S(=O)(=O)c4ccc(F)c(Cl)c4)CC3)n2)cc(OC)c1OC.Cc1cc(C)c(Cc2csc(N3CCN(S(=O)(=O)c4ccc(F)c(Cl)c4)CC3)n2)c(C)c1. The lowest BCUT2D eigenvalue weighted by molar-refractivity contribution is 0.324. The van der Waals surface area contributed by atoms with E-state index in [2.05, 4.69) is 48.1 Å². The Morgan fingerprint density at radius 1 is 0.597 bits per heavy atom. The summed E-state index contributed by atoms with van der Waals surface area (Å²) in [5.41, 5.74) is 7.99. The van der Waals surface area contributed by atoms with Crippen molar-refractivity contribution in [3.8, 4) is 17.2 Å². The van der Waals surface area contributed by atoms with Crippen LogP contribution in [0.5, 0.6) is 17.2 Å². The Morgan fingerprint density at radius 3 is 1.40 bits per heavy atom. The predicted octanol–water partition coefficient (Wildman–Crippen LogP) is 9.03. The maximum Gasteiger partial charge on any atom is 0.243 e. The third-order valence-electron chi connectivity index (χ3n) is 11.5. The number of halogens is 4. The summed E-state index contributed by atoms with van der Waals surface area (Å²) in [7, 11) is -2.76. The van der Waals surface area contributed by atoms with Crippen LogP contribution in [0.15, 0.2) is 81.2 Å². The highest BCUT2D eigenvalue weighted by molar-refractivity contribution is 7.89. The van der Waals surface area contributed by atoms with Crippen LogP contribution in [0.4, 0.5) is 19.0 Å². The number of sulfonamides is 2. The number of aryl methyl sites for hydroxylation is 3. The number of nitrogens with zero attached hydrogens (tertiary/aromatic N) is 6. The van der Waals surface area contributed by atoms with Gasteiger partial charge in [-0.2, -0.15) is 8.61 Å². The maximum absolute atomic E-state index is 13.4. The van der Waals surface area contributed by atoms with E-state index in [1.54, 1.807) is 32.7 Å². The van der Waals surface area contributed by atoms with E-state index in [9.17, 15) is 25.6 Å². The van der Waals surface area contributed by atoms with Crippen LogP contribution >= 0.6 is 45.9 Å². The molecule has 0 N–H and O–H groups in total. The number of piperazine rings is 2. The molecule has 8 rings (SSSR count). The Hall–Kier alpha value is -4.60. The Balaban J connectivity index is 0.000000200. The van der Waals surface area contributed by atoms with Gasteiger partial charge in [-0.1, -0.05) is 40.9 Å². The summed E-state index contributed by atoms with van der Waals surface area (Å²) in [5.74, 6) is 0.412. The van der Waals surface area contributed by atoms with E-state index in [-0.39, 0.29) is 19.8 Å². The zero-order valence-corrected chi connectivity index (χ0v) is 42.5. The molecule has 6 aromatic rings. The molecule has 2 fully saturated rings. The molecule has 2 aliphatic rings. The van der Waals surface area contributed by atoms with Crippen molar-refractivity contribution in [1.82, 2.24) is 18.6 Å². The molecule has 2 aromatic heterocycles. The van der Waals surface area contributed by atoms with Crippen molar-refractivity contribution >= 4 is 76.2 Å². The van der Waals surface area contributed by atoms with Gasteiger partial charge >= 0.3 is 0 Å². The molecule has 358 valence electrons. The Bertz CT molecular complexity index is 2910. The van der Waals surface area contributed by atoms with Crippen LogP contribution in [0.2, 0.25) is 10.0 Å². The van der Waals surface area contributed by atoms with E-state index in [4.69, 9.17) is 47.4 Å². The van der Waals surface area contributed by atoms with E-state index >= 15 is 0 Å². The number of hydrogen-bond acceptors (Lipinski definition) is 13. The fourth-order valence-corrected chi connectivity index (χ4v) is 13.1. The summed E-state index contributed by atoms with van der Waals surface area (Å²) in [6.07, 6.45) is 1.36. The second kappa shape index (κ2) is 21.4. The normalized spacial score (nSPS) is 15.0. The highest BCUT2D eigenvalue weighted by Crippen LogP contribution is 2.39. The summed E-state index contributed by atoms with van der Waals surface area (Å²) >= 11 is 14.7. The quantitative estimate of drug-likeness (QED) is 0.110. The number of benzene rings is 4. The van der Waals surface area contributed by atoms with E-state index in [0.717, 1.165) is 51.8 Å². The largest absolute Gasteiger partial charge is 0.493 e. The average Bonchev–Trinajstić information content (AvgIpc) is 3.99. The molecule has 4 heterocycles. The zero-order chi connectivity index (χ0) is 48.2. The second-order valence-corrected chi connectivity index (χ2v) is 22.3. The predicted molar refractivity (Wildman–Crippen MR) is 261 cm³/mol. The molecule has 0 radical (unpaired) electrons. The van der Waals surface area contributed by atoms with Crippen molar-refractivity contribution in [3.63, 3.8) is 0 Å². The summed E-state index contributed by atoms with van der Waals surface area (Å²) in [6.45, 7) is 9.70. The lowest BCUT2D eigenvalue weighted by Gasteiger charge is -2.33. The van der Waals surface area contributed by atoms with Gasteiger partial charge in [-0.3, -0.25) is 0 Å². The number of methoxy groups -OCH3 is 3. The van der Waals surface area contributed by atoms with E-state index in [1.807, 2.05) is 17.5 Å². The highest BCUT2D eigenvalue weighted by Gasteiger charge is 2.32. The monoisotopic (exact) mass is 1030 g/mol. The van der Waals surface area contributed by atoms with Gasteiger partial charge in [-0.05, 0) is 91.6 Å².